The largest absolute Gasteiger partial charge is 0.496 e. The van der Waals surface area contributed by atoms with E-state index in [4.69, 9.17) is 9.47 Å². The molecule has 0 aromatic heterocycles. The molecule has 0 atom stereocenters. The van der Waals surface area contributed by atoms with Gasteiger partial charge in [-0.1, -0.05) is 19.9 Å². The maximum absolute atomic E-state index is 5.53. The van der Waals surface area contributed by atoms with Crippen molar-refractivity contribution in [1.29, 1.82) is 0 Å². The lowest BCUT2D eigenvalue weighted by Gasteiger charge is -2.09. The van der Waals surface area contributed by atoms with Crippen LogP contribution in [0.2, 0.25) is 0 Å². The molecular weight excluding hydrogens is 306 g/mol. The van der Waals surface area contributed by atoms with Crippen molar-refractivity contribution in [2.75, 3.05) is 26.9 Å². The highest BCUT2D eigenvalue weighted by Crippen LogP contribution is 2.25. The molecule has 1 rings (SSSR count). The maximum Gasteiger partial charge on any atom is 0.133 e. The molecule has 0 spiro atoms. The molecule has 0 radical (unpaired) electrons. The molecular formula is C15H24BrNO2. The van der Waals surface area contributed by atoms with E-state index in [1.54, 1.807) is 7.11 Å². The number of hydrogen-bond donors (Lipinski definition) is 1. The van der Waals surface area contributed by atoms with Crippen molar-refractivity contribution >= 4 is 15.9 Å². The first kappa shape index (κ1) is 16.5. The van der Waals surface area contributed by atoms with E-state index in [0.29, 0.717) is 5.92 Å². The van der Waals surface area contributed by atoms with Gasteiger partial charge < -0.3 is 14.8 Å². The van der Waals surface area contributed by atoms with Gasteiger partial charge in [0, 0.05) is 19.8 Å². The Morgan fingerprint density at radius 3 is 2.74 bits per heavy atom. The third-order valence-electron chi connectivity index (χ3n) is 2.64. The molecule has 0 unspecified atom stereocenters. The quantitative estimate of drug-likeness (QED) is 0.702. The van der Waals surface area contributed by atoms with Crippen LogP contribution in [0.3, 0.4) is 0 Å². The number of benzene rings is 1. The van der Waals surface area contributed by atoms with E-state index >= 15 is 0 Å². The van der Waals surface area contributed by atoms with Crippen LogP contribution in [0.25, 0.3) is 0 Å². The number of hydrogen-bond acceptors (Lipinski definition) is 3. The highest BCUT2D eigenvalue weighted by atomic mass is 79.9. The van der Waals surface area contributed by atoms with Crippen LogP contribution in [0.4, 0.5) is 0 Å². The highest BCUT2D eigenvalue weighted by molar-refractivity contribution is 9.10. The normalized spacial score (nSPS) is 11.0. The SMILES string of the molecule is COc1ccc(CNCCCOCC(C)C)cc1Br. The Morgan fingerprint density at radius 1 is 1.32 bits per heavy atom. The average molecular weight is 330 g/mol. The van der Waals surface area contributed by atoms with E-state index < -0.39 is 0 Å². The Bertz CT molecular complexity index is 369. The fraction of sp³-hybridized carbons (Fsp3) is 0.600. The molecule has 0 amide bonds. The molecule has 0 aliphatic carbocycles. The topological polar surface area (TPSA) is 30.5 Å². The molecule has 4 heteroatoms. The van der Waals surface area contributed by atoms with Crippen LogP contribution in [0.5, 0.6) is 5.75 Å². The Labute approximate surface area is 124 Å². The zero-order chi connectivity index (χ0) is 14.1. The van der Waals surface area contributed by atoms with Crippen molar-refractivity contribution in [3.63, 3.8) is 0 Å². The molecule has 108 valence electrons. The van der Waals surface area contributed by atoms with Crippen molar-refractivity contribution in [3.8, 4) is 5.75 Å². The molecule has 0 saturated heterocycles. The standard InChI is InChI=1S/C15H24BrNO2/c1-12(2)11-19-8-4-7-17-10-13-5-6-15(18-3)14(16)9-13/h5-6,9,12,17H,4,7-8,10-11H2,1-3H3. The Morgan fingerprint density at radius 2 is 2.11 bits per heavy atom. The third kappa shape index (κ3) is 6.95. The molecule has 3 nitrogen and oxygen atoms in total. The van der Waals surface area contributed by atoms with E-state index in [1.807, 2.05) is 6.07 Å². The second-order valence-corrected chi connectivity index (χ2v) is 5.82. The summed E-state index contributed by atoms with van der Waals surface area (Å²) in [6.07, 6.45) is 1.05. The minimum Gasteiger partial charge on any atom is -0.496 e. The fourth-order valence-electron chi connectivity index (χ4n) is 1.67. The lowest BCUT2D eigenvalue weighted by molar-refractivity contribution is 0.108. The Kier molecular flexibility index (Phi) is 8.10. The molecule has 0 saturated carbocycles. The fourth-order valence-corrected chi connectivity index (χ4v) is 2.26. The summed E-state index contributed by atoms with van der Waals surface area (Å²) in [5.41, 5.74) is 1.25. The number of ether oxygens (including phenoxy) is 2. The van der Waals surface area contributed by atoms with Crippen LogP contribution in [0.1, 0.15) is 25.8 Å². The van der Waals surface area contributed by atoms with Crippen molar-refractivity contribution in [2.45, 2.75) is 26.8 Å². The molecule has 0 heterocycles. The number of halogens is 1. The maximum atomic E-state index is 5.53. The molecule has 1 aromatic rings. The summed E-state index contributed by atoms with van der Waals surface area (Å²) >= 11 is 3.49. The van der Waals surface area contributed by atoms with Crippen molar-refractivity contribution < 1.29 is 9.47 Å². The monoisotopic (exact) mass is 329 g/mol. The van der Waals surface area contributed by atoms with Crippen LogP contribution in [-0.2, 0) is 11.3 Å². The Hall–Kier alpha value is -0.580. The van der Waals surface area contributed by atoms with Gasteiger partial charge >= 0.3 is 0 Å². The van der Waals surface area contributed by atoms with Gasteiger partial charge in [-0.25, -0.2) is 0 Å². The van der Waals surface area contributed by atoms with E-state index in [9.17, 15) is 0 Å². The predicted octanol–water partition coefficient (Wildman–Crippen LogP) is 3.61. The molecule has 0 bridgehead atoms. The first-order valence-electron chi connectivity index (χ1n) is 6.74. The smallest absolute Gasteiger partial charge is 0.133 e. The first-order valence-corrected chi connectivity index (χ1v) is 7.53. The lowest BCUT2D eigenvalue weighted by atomic mass is 10.2. The number of nitrogens with one attached hydrogen (secondary N) is 1. The van der Waals surface area contributed by atoms with E-state index in [2.05, 4.69) is 47.2 Å². The molecule has 19 heavy (non-hydrogen) atoms. The molecule has 0 aliphatic rings. The minimum atomic E-state index is 0.615. The molecule has 1 N–H and O–H groups in total. The van der Waals surface area contributed by atoms with Gasteiger partial charge in [0.25, 0.3) is 0 Å². The summed E-state index contributed by atoms with van der Waals surface area (Å²) in [6.45, 7) is 7.86. The zero-order valence-corrected chi connectivity index (χ0v) is 13.6. The van der Waals surface area contributed by atoms with Gasteiger partial charge in [0.2, 0.25) is 0 Å². The molecule has 0 aliphatic heterocycles. The van der Waals surface area contributed by atoms with E-state index in [0.717, 1.165) is 42.9 Å². The summed E-state index contributed by atoms with van der Waals surface area (Å²) < 4.78 is 11.7. The van der Waals surface area contributed by atoms with Gasteiger partial charge in [0.1, 0.15) is 5.75 Å². The van der Waals surface area contributed by atoms with E-state index in [1.165, 1.54) is 5.56 Å². The van der Waals surface area contributed by atoms with E-state index in [-0.39, 0.29) is 0 Å². The van der Waals surface area contributed by atoms with Gasteiger partial charge in [-0.05, 0) is 52.5 Å². The van der Waals surface area contributed by atoms with Crippen molar-refractivity contribution in [1.82, 2.24) is 5.32 Å². The lowest BCUT2D eigenvalue weighted by Crippen LogP contribution is -2.17. The highest BCUT2D eigenvalue weighted by Gasteiger charge is 2.01. The van der Waals surface area contributed by atoms with Gasteiger partial charge in [-0.3, -0.25) is 0 Å². The average Bonchev–Trinajstić information content (AvgIpc) is 2.37. The Balaban J connectivity index is 2.14. The second-order valence-electron chi connectivity index (χ2n) is 4.97. The number of rotatable bonds is 9. The van der Waals surface area contributed by atoms with Crippen LogP contribution in [0, 0.1) is 5.92 Å². The second kappa shape index (κ2) is 9.34. The van der Waals surface area contributed by atoms with Gasteiger partial charge in [0.05, 0.1) is 11.6 Å². The van der Waals surface area contributed by atoms with Crippen LogP contribution in [-0.4, -0.2) is 26.9 Å². The molecule has 1 aromatic carbocycles. The predicted molar refractivity (Wildman–Crippen MR) is 82.7 cm³/mol. The summed E-state index contributed by atoms with van der Waals surface area (Å²) in [7, 11) is 1.68. The van der Waals surface area contributed by atoms with Gasteiger partial charge in [-0.2, -0.15) is 0 Å². The van der Waals surface area contributed by atoms with Gasteiger partial charge in [0.15, 0.2) is 0 Å². The zero-order valence-electron chi connectivity index (χ0n) is 12.0. The van der Waals surface area contributed by atoms with Crippen LogP contribution >= 0.6 is 15.9 Å². The number of methoxy groups -OCH3 is 1. The summed E-state index contributed by atoms with van der Waals surface area (Å²) in [5, 5.41) is 3.41. The first-order chi connectivity index (χ1) is 9.13. The van der Waals surface area contributed by atoms with Crippen molar-refractivity contribution in [2.24, 2.45) is 5.92 Å². The minimum absolute atomic E-state index is 0.615. The van der Waals surface area contributed by atoms with Crippen LogP contribution < -0.4 is 10.1 Å². The van der Waals surface area contributed by atoms with Crippen molar-refractivity contribution in [3.05, 3.63) is 28.2 Å². The third-order valence-corrected chi connectivity index (χ3v) is 3.26. The van der Waals surface area contributed by atoms with Gasteiger partial charge in [-0.15, -0.1) is 0 Å². The summed E-state index contributed by atoms with van der Waals surface area (Å²) in [4.78, 5) is 0. The molecule has 0 fully saturated rings. The summed E-state index contributed by atoms with van der Waals surface area (Å²) in [5.74, 6) is 1.48. The van der Waals surface area contributed by atoms with Crippen LogP contribution in [0.15, 0.2) is 22.7 Å². The summed E-state index contributed by atoms with van der Waals surface area (Å²) in [6, 6.07) is 6.14.